The number of benzene rings is 1. The largest absolute Gasteiger partial charge is 0.457 e. The Kier molecular flexibility index (Phi) is 4.88. The second-order valence-electron chi connectivity index (χ2n) is 7.79. The second kappa shape index (κ2) is 7.85. The number of hydrogen-bond acceptors (Lipinski definition) is 5. The van der Waals surface area contributed by atoms with Gasteiger partial charge in [0.1, 0.15) is 17.2 Å². The van der Waals surface area contributed by atoms with E-state index in [2.05, 4.69) is 22.2 Å². The van der Waals surface area contributed by atoms with Gasteiger partial charge < -0.3 is 19.5 Å². The highest BCUT2D eigenvalue weighted by Crippen LogP contribution is 2.33. The molecule has 156 valence electrons. The van der Waals surface area contributed by atoms with Crippen molar-refractivity contribution < 1.29 is 14.0 Å². The van der Waals surface area contributed by atoms with Crippen molar-refractivity contribution in [3.05, 3.63) is 71.7 Å². The van der Waals surface area contributed by atoms with Gasteiger partial charge in [-0.15, -0.1) is 0 Å². The summed E-state index contributed by atoms with van der Waals surface area (Å²) in [6.45, 7) is 3.17. The Labute approximate surface area is 180 Å². The zero-order valence-electron chi connectivity index (χ0n) is 17.2. The average Bonchev–Trinajstić information content (AvgIpc) is 3.39. The monoisotopic (exact) mass is 414 g/mol. The van der Waals surface area contributed by atoms with Gasteiger partial charge in [-0.25, -0.2) is 0 Å². The van der Waals surface area contributed by atoms with Gasteiger partial charge in [-0.05, 0) is 43.5 Å². The highest BCUT2D eigenvalue weighted by molar-refractivity contribution is 6.34. The van der Waals surface area contributed by atoms with Crippen molar-refractivity contribution >= 4 is 29.2 Å². The average molecular weight is 414 g/mol. The van der Waals surface area contributed by atoms with Crippen LogP contribution in [-0.4, -0.2) is 59.8 Å². The van der Waals surface area contributed by atoms with Crippen LogP contribution in [0.4, 0.5) is 5.69 Å². The summed E-state index contributed by atoms with van der Waals surface area (Å²) < 4.78 is 5.93. The molecule has 0 radical (unpaired) electrons. The Bertz CT molecular complexity index is 1170. The highest BCUT2D eigenvalue weighted by atomic mass is 16.3. The van der Waals surface area contributed by atoms with E-state index < -0.39 is 0 Å². The number of anilines is 1. The molecular weight excluding hydrogens is 392 g/mol. The summed E-state index contributed by atoms with van der Waals surface area (Å²) in [4.78, 5) is 33.4. The number of fused-ring (bicyclic) bond motifs is 1. The van der Waals surface area contributed by atoms with Gasteiger partial charge in [0, 0.05) is 49.2 Å². The molecule has 3 aromatic rings. The minimum Gasteiger partial charge on any atom is -0.457 e. The Morgan fingerprint density at radius 3 is 2.65 bits per heavy atom. The Morgan fingerprint density at radius 2 is 1.87 bits per heavy atom. The molecule has 5 rings (SSSR count). The van der Waals surface area contributed by atoms with Gasteiger partial charge in [-0.3, -0.25) is 14.6 Å². The molecular formula is C24H22N4O3. The fraction of sp³-hybridized carbons (Fsp3) is 0.208. The van der Waals surface area contributed by atoms with E-state index in [-0.39, 0.29) is 11.8 Å². The molecule has 7 heteroatoms. The molecule has 31 heavy (non-hydrogen) atoms. The standard InChI is InChI=1S/C24H22N4O3/c1-27-10-12-28(13-11-27)24(30)21-8-6-16(15-25-21)22-9-7-17(31-22)14-19-18-4-2-3-5-20(18)26-23(19)29/h2-9,14-15H,10-13H2,1H3,(H,26,29)/b19-14+. The second-order valence-corrected chi connectivity index (χ2v) is 7.79. The number of hydrogen-bond donors (Lipinski definition) is 1. The van der Waals surface area contributed by atoms with E-state index in [1.165, 1.54) is 0 Å². The summed E-state index contributed by atoms with van der Waals surface area (Å²) in [6, 6.07) is 14.8. The lowest BCUT2D eigenvalue weighted by molar-refractivity contribution is -0.110. The van der Waals surface area contributed by atoms with Crippen molar-refractivity contribution in [1.29, 1.82) is 0 Å². The maximum Gasteiger partial charge on any atom is 0.272 e. The van der Waals surface area contributed by atoms with Crippen LogP contribution in [0.1, 0.15) is 21.8 Å². The SMILES string of the molecule is CN1CCN(C(=O)c2ccc(-c3ccc(/C=C4/C(=O)Nc5ccccc54)o3)cn2)CC1. The third-order valence-corrected chi connectivity index (χ3v) is 5.68. The molecule has 1 N–H and O–H groups in total. The minimum atomic E-state index is -0.146. The predicted molar refractivity (Wildman–Crippen MR) is 118 cm³/mol. The third kappa shape index (κ3) is 3.75. The number of para-hydroxylation sites is 1. The van der Waals surface area contributed by atoms with Gasteiger partial charge in [0.25, 0.3) is 11.8 Å². The van der Waals surface area contributed by atoms with Crippen LogP contribution >= 0.6 is 0 Å². The van der Waals surface area contributed by atoms with Crippen LogP contribution in [0.25, 0.3) is 23.0 Å². The molecule has 1 aromatic carbocycles. The highest BCUT2D eigenvalue weighted by Gasteiger charge is 2.24. The topological polar surface area (TPSA) is 78.7 Å². The van der Waals surface area contributed by atoms with E-state index in [1.54, 1.807) is 18.3 Å². The van der Waals surface area contributed by atoms with Gasteiger partial charge in [-0.1, -0.05) is 18.2 Å². The van der Waals surface area contributed by atoms with E-state index >= 15 is 0 Å². The maximum atomic E-state index is 12.7. The van der Waals surface area contributed by atoms with Crippen LogP contribution < -0.4 is 5.32 Å². The molecule has 0 spiro atoms. The van der Waals surface area contributed by atoms with Crippen molar-refractivity contribution in [3.63, 3.8) is 0 Å². The van der Waals surface area contributed by atoms with E-state index in [4.69, 9.17) is 4.42 Å². The zero-order chi connectivity index (χ0) is 21.4. The zero-order valence-corrected chi connectivity index (χ0v) is 17.2. The fourth-order valence-electron chi connectivity index (χ4n) is 3.85. The summed E-state index contributed by atoms with van der Waals surface area (Å²) in [7, 11) is 2.06. The molecule has 7 nitrogen and oxygen atoms in total. The van der Waals surface area contributed by atoms with E-state index in [1.807, 2.05) is 47.4 Å². The van der Waals surface area contributed by atoms with Crippen molar-refractivity contribution in [3.8, 4) is 11.3 Å². The molecule has 1 fully saturated rings. The lowest BCUT2D eigenvalue weighted by Crippen LogP contribution is -2.47. The first-order chi connectivity index (χ1) is 15.1. The summed E-state index contributed by atoms with van der Waals surface area (Å²) >= 11 is 0. The van der Waals surface area contributed by atoms with Gasteiger partial charge in [-0.2, -0.15) is 0 Å². The van der Waals surface area contributed by atoms with E-state index in [0.29, 0.717) is 35.9 Å². The third-order valence-electron chi connectivity index (χ3n) is 5.68. The molecule has 4 heterocycles. The van der Waals surface area contributed by atoms with Crippen LogP contribution in [0.2, 0.25) is 0 Å². The number of likely N-dealkylation sites (N-methyl/N-ethyl adjacent to an activating group) is 1. The summed E-state index contributed by atoms with van der Waals surface area (Å²) in [5, 5.41) is 2.85. The fourth-order valence-corrected chi connectivity index (χ4v) is 3.85. The van der Waals surface area contributed by atoms with Gasteiger partial charge in [0.05, 0.1) is 5.57 Å². The van der Waals surface area contributed by atoms with E-state index in [0.717, 1.165) is 29.9 Å². The number of nitrogens with zero attached hydrogens (tertiary/aromatic N) is 3. The van der Waals surface area contributed by atoms with Crippen LogP contribution in [0, 0.1) is 0 Å². The normalized spacial score (nSPS) is 17.6. The van der Waals surface area contributed by atoms with Gasteiger partial charge in [0.15, 0.2) is 0 Å². The number of amides is 2. The summed E-state index contributed by atoms with van der Waals surface area (Å²) in [5.74, 6) is 1.02. The maximum absolute atomic E-state index is 12.7. The molecule has 0 atom stereocenters. The first-order valence-corrected chi connectivity index (χ1v) is 10.2. The number of carbonyl (C=O) groups is 2. The lowest BCUT2D eigenvalue weighted by atomic mass is 10.1. The molecule has 0 unspecified atom stereocenters. The number of nitrogens with one attached hydrogen (secondary N) is 1. The molecule has 0 aliphatic carbocycles. The predicted octanol–water partition coefficient (Wildman–Crippen LogP) is 3.22. The first-order valence-electron chi connectivity index (χ1n) is 10.2. The number of rotatable bonds is 3. The first kappa shape index (κ1) is 19.3. The number of pyridine rings is 1. The number of aromatic nitrogens is 1. The Morgan fingerprint density at radius 1 is 1.06 bits per heavy atom. The minimum absolute atomic E-state index is 0.0459. The van der Waals surface area contributed by atoms with Gasteiger partial charge in [0.2, 0.25) is 0 Å². The van der Waals surface area contributed by atoms with Gasteiger partial charge >= 0.3 is 0 Å². The summed E-state index contributed by atoms with van der Waals surface area (Å²) in [6.07, 6.45) is 3.39. The van der Waals surface area contributed by atoms with Crippen molar-refractivity contribution in [2.24, 2.45) is 0 Å². The molecule has 2 aliphatic heterocycles. The number of furan rings is 1. The van der Waals surface area contributed by atoms with Crippen LogP contribution in [0.5, 0.6) is 0 Å². The van der Waals surface area contributed by atoms with Crippen molar-refractivity contribution in [2.45, 2.75) is 0 Å². The molecule has 2 amide bonds. The Balaban J connectivity index is 1.33. The lowest BCUT2D eigenvalue weighted by Gasteiger charge is -2.32. The molecule has 1 saturated heterocycles. The summed E-state index contributed by atoms with van der Waals surface area (Å²) in [5.41, 5.74) is 3.44. The number of carbonyl (C=O) groups excluding carboxylic acids is 2. The van der Waals surface area contributed by atoms with Crippen LogP contribution in [-0.2, 0) is 4.79 Å². The number of piperazine rings is 1. The quantitative estimate of drug-likeness (QED) is 0.666. The molecule has 0 bridgehead atoms. The molecule has 2 aliphatic rings. The Hall–Kier alpha value is -3.71. The van der Waals surface area contributed by atoms with Crippen molar-refractivity contribution in [1.82, 2.24) is 14.8 Å². The van der Waals surface area contributed by atoms with E-state index in [9.17, 15) is 9.59 Å². The van der Waals surface area contributed by atoms with Crippen LogP contribution in [0.3, 0.4) is 0 Å². The van der Waals surface area contributed by atoms with Crippen LogP contribution in [0.15, 0.2) is 59.1 Å². The molecule has 0 saturated carbocycles. The molecule has 2 aromatic heterocycles. The smallest absolute Gasteiger partial charge is 0.272 e. The van der Waals surface area contributed by atoms with Crippen molar-refractivity contribution in [2.75, 3.05) is 38.5 Å².